The summed E-state index contributed by atoms with van der Waals surface area (Å²) in [7, 11) is 0.559. The summed E-state index contributed by atoms with van der Waals surface area (Å²) in [6.07, 6.45) is 1.60. The average molecular weight is 282 g/mol. The number of carbonyl (C=O) groups excluding carboxylic acids is 1. The van der Waals surface area contributed by atoms with Gasteiger partial charge in [-0.05, 0) is 53.3 Å². The Labute approximate surface area is 122 Å². The van der Waals surface area contributed by atoms with Gasteiger partial charge in [-0.1, -0.05) is 0 Å². The first-order valence-electron chi connectivity index (χ1n) is 7.35. The first-order valence-corrected chi connectivity index (χ1v) is 7.35. The van der Waals surface area contributed by atoms with Crippen LogP contribution >= 0.6 is 0 Å². The zero-order valence-electron chi connectivity index (χ0n) is 13.3. The van der Waals surface area contributed by atoms with Crippen LogP contribution in [-0.2, 0) is 9.45 Å². The lowest BCUT2D eigenvalue weighted by Gasteiger charge is -2.38. The predicted octanol–water partition coefficient (Wildman–Crippen LogP) is 1.06. The van der Waals surface area contributed by atoms with Gasteiger partial charge in [0.1, 0.15) is 0 Å². The molecule has 0 fully saturated rings. The van der Waals surface area contributed by atoms with Gasteiger partial charge in [0.05, 0.1) is 16.9 Å². The molecule has 20 heavy (non-hydrogen) atoms. The maximum Gasteiger partial charge on any atom is 0.280 e. The highest BCUT2D eigenvalue weighted by molar-refractivity contribution is 6.39. The van der Waals surface area contributed by atoms with Crippen LogP contribution in [0.3, 0.4) is 0 Å². The summed E-state index contributed by atoms with van der Waals surface area (Å²) in [6, 6.07) is 0. The Morgan fingerprint density at radius 3 is 2.60 bits per heavy atom. The van der Waals surface area contributed by atoms with Gasteiger partial charge < -0.3 is 15.1 Å². The molecule has 0 aromatic rings. The fourth-order valence-corrected chi connectivity index (χ4v) is 1.84. The van der Waals surface area contributed by atoms with Crippen LogP contribution in [0.2, 0.25) is 5.82 Å². The molecule has 0 unspecified atom stereocenters. The van der Waals surface area contributed by atoms with Gasteiger partial charge in [-0.15, -0.1) is 0 Å². The Morgan fingerprint density at radius 2 is 2.15 bits per heavy atom. The number of rotatable bonds is 6. The fraction of sp³-hybridized carbons (Fsp3) is 0.857. The zero-order chi connectivity index (χ0) is 15.4. The first kappa shape index (κ1) is 17.2. The molecule has 5 nitrogen and oxygen atoms in total. The molecule has 1 aliphatic rings. The Morgan fingerprint density at radius 1 is 1.50 bits per heavy atom. The molecule has 0 aliphatic carbocycles. The van der Waals surface area contributed by atoms with Crippen LogP contribution in [0.4, 0.5) is 0 Å². The summed E-state index contributed by atoms with van der Waals surface area (Å²) in [5, 5.41) is 12.8. The third-order valence-electron chi connectivity index (χ3n) is 4.08. The smallest absolute Gasteiger partial charge is 0.280 e. The van der Waals surface area contributed by atoms with Crippen molar-refractivity contribution in [2.75, 3.05) is 13.1 Å². The molecule has 0 aromatic heterocycles. The Bertz CT molecular complexity index is 375. The van der Waals surface area contributed by atoms with Crippen LogP contribution in [0.25, 0.3) is 0 Å². The monoisotopic (exact) mass is 282 g/mol. The Hall–Kier alpha value is -0.875. The largest absolute Gasteiger partial charge is 0.432 e. The van der Waals surface area contributed by atoms with Crippen molar-refractivity contribution in [3.05, 3.63) is 0 Å². The number of aliphatic imine (C=N–C) groups is 1. The van der Waals surface area contributed by atoms with Crippen molar-refractivity contribution < 1.29 is 14.6 Å². The van der Waals surface area contributed by atoms with Crippen LogP contribution in [0, 0.1) is 0 Å². The number of carbonyl (C=O) groups is 1. The van der Waals surface area contributed by atoms with Crippen molar-refractivity contribution >= 4 is 19.1 Å². The normalized spacial score (nSPS) is 20.3. The third kappa shape index (κ3) is 4.60. The van der Waals surface area contributed by atoms with E-state index in [-0.39, 0.29) is 5.91 Å². The van der Waals surface area contributed by atoms with E-state index in [1.54, 1.807) is 13.8 Å². The minimum Gasteiger partial charge on any atom is -0.432 e. The second kappa shape index (κ2) is 6.72. The standard InChI is InChI=1S/C14H27BN2O3/c1-6-16-12(18)11-8-7-10(9-17-11)15-20-14(4,5)13(2,3)19/h10,15,19H,6-9H2,1-5H3,(H,16,18)/t10-/m1/s1. The molecular weight excluding hydrogens is 255 g/mol. The fourth-order valence-electron chi connectivity index (χ4n) is 1.84. The summed E-state index contributed by atoms with van der Waals surface area (Å²) in [4.78, 5) is 16.0. The number of aliphatic hydroxyl groups is 1. The first-order chi connectivity index (χ1) is 9.17. The van der Waals surface area contributed by atoms with Gasteiger partial charge >= 0.3 is 0 Å². The second-order valence-corrected chi connectivity index (χ2v) is 6.43. The van der Waals surface area contributed by atoms with Crippen LogP contribution in [-0.4, -0.2) is 48.5 Å². The molecule has 1 atom stereocenters. The van der Waals surface area contributed by atoms with Gasteiger partial charge in [-0.3, -0.25) is 9.79 Å². The number of nitrogens with zero attached hydrogens (tertiary/aromatic N) is 1. The van der Waals surface area contributed by atoms with Gasteiger partial charge in [0.15, 0.2) is 0 Å². The van der Waals surface area contributed by atoms with Gasteiger partial charge in [0, 0.05) is 13.1 Å². The van der Waals surface area contributed by atoms with E-state index in [0.29, 0.717) is 38.5 Å². The lowest BCUT2D eigenvalue weighted by atomic mass is 9.73. The van der Waals surface area contributed by atoms with Gasteiger partial charge in [0.25, 0.3) is 13.4 Å². The maximum absolute atomic E-state index is 11.6. The van der Waals surface area contributed by atoms with E-state index >= 15 is 0 Å². The quantitative estimate of drug-likeness (QED) is 0.716. The van der Waals surface area contributed by atoms with E-state index in [4.69, 9.17) is 4.65 Å². The number of amides is 1. The van der Waals surface area contributed by atoms with Gasteiger partial charge in [-0.25, -0.2) is 0 Å². The van der Waals surface area contributed by atoms with E-state index in [9.17, 15) is 9.90 Å². The van der Waals surface area contributed by atoms with E-state index in [0.717, 1.165) is 6.42 Å². The number of nitrogens with one attached hydrogen (secondary N) is 1. The lowest BCUT2D eigenvalue weighted by Crippen LogP contribution is -2.48. The second-order valence-electron chi connectivity index (χ2n) is 6.43. The van der Waals surface area contributed by atoms with Crippen molar-refractivity contribution in [3.63, 3.8) is 0 Å². The van der Waals surface area contributed by atoms with E-state index in [1.807, 2.05) is 20.8 Å². The highest BCUT2D eigenvalue weighted by Gasteiger charge is 2.36. The van der Waals surface area contributed by atoms with Crippen molar-refractivity contribution in [3.8, 4) is 0 Å². The molecule has 0 spiro atoms. The summed E-state index contributed by atoms with van der Waals surface area (Å²) in [5.41, 5.74) is -0.849. The number of hydrogen-bond donors (Lipinski definition) is 2. The number of hydrogen-bond acceptors (Lipinski definition) is 4. The van der Waals surface area contributed by atoms with Crippen molar-refractivity contribution in [1.29, 1.82) is 0 Å². The van der Waals surface area contributed by atoms with E-state index in [2.05, 4.69) is 10.3 Å². The molecule has 0 aromatic carbocycles. The predicted molar refractivity (Wildman–Crippen MR) is 82.6 cm³/mol. The van der Waals surface area contributed by atoms with Crippen molar-refractivity contribution in [2.24, 2.45) is 4.99 Å². The Kier molecular flexibility index (Phi) is 5.77. The third-order valence-corrected chi connectivity index (χ3v) is 4.08. The molecule has 114 valence electrons. The molecule has 0 bridgehead atoms. The molecular formula is C14H27BN2O3. The van der Waals surface area contributed by atoms with E-state index < -0.39 is 11.2 Å². The van der Waals surface area contributed by atoms with Crippen molar-refractivity contribution in [2.45, 2.75) is 64.5 Å². The minimum absolute atomic E-state index is 0.0521. The average Bonchev–Trinajstić information content (AvgIpc) is 2.36. The molecule has 0 saturated heterocycles. The van der Waals surface area contributed by atoms with Crippen molar-refractivity contribution in [1.82, 2.24) is 5.32 Å². The highest BCUT2D eigenvalue weighted by atomic mass is 16.5. The van der Waals surface area contributed by atoms with Crippen LogP contribution in [0.15, 0.2) is 4.99 Å². The molecule has 1 rings (SSSR count). The maximum atomic E-state index is 11.6. The molecule has 0 radical (unpaired) electrons. The summed E-state index contributed by atoms with van der Waals surface area (Å²) < 4.78 is 5.86. The molecule has 1 amide bonds. The topological polar surface area (TPSA) is 70.9 Å². The molecule has 1 heterocycles. The summed E-state index contributed by atoms with van der Waals surface area (Å²) in [5.74, 6) is 0.262. The molecule has 1 aliphatic heterocycles. The van der Waals surface area contributed by atoms with Crippen LogP contribution in [0.5, 0.6) is 0 Å². The zero-order valence-corrected chi connectivity index (χ0v) is 13.3. The summed E-state index contributed by atoms with van der Waals surface area (Å²) in [6.45, 7) is 10.4. The van der Waals surface area contributed by atoms with Crippen LogP contribution in [0.1, 0.15) is 47.5 Å². The lowest BCUT2D eigenvalue weighted by molar-refractivity contribution is -0.114. The van der Waals surface area contributed by atoms with Gasteiger partial charge in [0.2, 0.25) is 0 Å². The Balaban J connectivity index is 2.45. The summed E-state index contributed by atoms with van der Waals surface area (Å²) >= 11 is 0. The van der Waals surface area contributed by atoms with Crippen LogP contribution < -0.4 is 5.32 Å². The van der Waals surface area contributed by atoms with E-state index in [1.165, 1.54) is 0 Å². The minimum atomic E-state index is -0.892. The molecule has 0 saturated carbocycles. The highest BCUT2D eigenvalue weighted by Crippen LogP contribution is 2.27. The van der Waals surface area contributed by atoms with Gasteiger partial charge in [-0.2, -0.15) is 0 Å². The SMILES string of the molecule is CCNC(=O)C1=NC[C@H](BOC(C)(C)C(C)(C)O)CC1. The molecule has 6 heteroatoms. The molecule has 2 N–H and O–H groups in total.